The van der Waals surface area contributed by atoms with Crippen LogP contribution >= 0.6 is 0 Å². The van der Waals surface area contributed by atoms with Crippen LogP contribution in [0.3, 0.4) is 0 Å². The average Bonchev–Trinajstić information content (AvgIpc) is 3.02. The summed E-state index contributed by atoms with van der Waals surface area (Å²) >= 11 is 0. The van der Waals surface area contributed by atoms with Crippen molar-refractivity contribution in [3.05, 3.63) is 29.8 Å². The van der Waals surface area contributed by atoms with E-state index in [2.05, 4.69) is 15.4 Å². The minimum atomic E-state index is -2.85. The highest BCUT2D eigenvalue weighted by molar-refractivity contribution is 5.77. The molecule has 1 aliphatic rings. The van der Waals surface area contributed by atoms with Crippen LogP contribution in [0.2, 0.25) is 0 Å². The molecule has 0 spiro atoms. The van der Waals surface area contributed by atoms with Gasteiger partial charge in [0.15, 0.2) is 0 Å². The molecule has 0 aliphatic carbocycles. The fraction of sp³-hybridized carbons (Fsp3) is 0.562. The zero-order chi connectivity index (χ0) is 16.5. The van der Waals surface area contributed by atoms with E-state index < -0.39 is 6.61 Å². The van der Waals surface area contributed by atoms with Crippen LogP contribution in [-0.2, 0) is 16.0 Å². The van der Waals surface area contributed by atoms with Crippen molar-refractivity contribution in [3.63, 3.8) is 0 Å². The van der Waals surface area contributed by atoms with Crippen molar-refractivity contribution in [2.24, 2.45) is 0 Å². The highest BCUT2D eigenvalue weighted by Crippen LogP contribution is 2.20. The lowest BCUT2D eigenvalue weighted by molar-refractivity contribution is -0.120. The minimum absolute atomic E-state index is 0.129. The Morgan fingerprint density at radius 3 is 2.96 bits per heavy atom. The molecule has 1 aliphatic heterocycles. The maximum absolute atomic E-state index is 12.3. The highest BCUT2D eigenvalue weighted by Gasteiger charge is 2.15. The van der Waals surface area contributed by atoms with Crippen molar-refractivity contribution >= 4 is 5.91 Å². The van der Waals surface area contributed by atoms with Crippen molar-refractivity contribution in [1.82, 2.24) is 10.6 Å². The van der Waals surface area contributed by atoms with E-state index in [1.807, 2.05) is 0 Å². The molecule has 5 nitrogen and oxygen atoms in total. The summed E-state index contributed by atoms with van der Waals surface area (Å²) in [6.45, 7) is -0.816. The number of nitrogens with one attached hydrogen (secondary N) is 2. The van der Waals surface area contributed by atoms with Gasteiger partial charge in [0.05, 0.1) is 12.6 Å². The first-order valence-electron chi connectivity index (χ1n) is 7.77. The number of para-hydroxylation sites is 1. The van der Waals surface area contributed by atoms with E-state index in [9.17, 15) is 13.6 Å². The van der Waals surface area contributed by atoms with Crippen LogP contribution in [0, 0.1) is 0 Å². The summed E-state index contributed by atoms with van der Waals surface area (Å²) in [5.74, 6) is 0.0171. The van der Waals surface area contributed by atoms with E-state index in [-0.39, 0.29) is 24.3 Å². The summed E-state index contributed by atoms with van der Waals surface area (Å²) in [4.78, 5) is 11.7. The predicted octanol–water partition coefficient (Wildman–Crippen LogP) is 1.72. The standard InChI is InChI=1S/C16H22F2N2O3/c17-16(18)23-14-6-2-1-4-12(14)7-8-20-15(21)11-19-10-13-5-3-9-22-13/h1-2,4,6,13,16,19H,3,5,7-11H2,(H,20,21). The number of amides is 1. The molecule has 1 atom stereocenters. The van der Waals surface area contributed by atoms with E-state index in [4.69, 9.17) is 4.74 Å². The number of carbonyl (C=O) groups excluding carboxylic acids is 1. The lowest BCUT2D eigenvalue weighted by Crippen LogP contribution is -2.37. The van der Waals surface area contributed by atoms with Gasteiger partial charge in [0, 0.05) is 19.7 Å². The SMILES string of the molecule is O=C(CNCC1CCCO1)NCCc1ccccc1OC(F)F. The second-order valence-corrected chi connectivity index (χ2v) is 5.35. The van der Waals surface area contributed by atoms with Crippen LogP contribution in [0.5, 0.6) is 5.75 Å². The molecule has 0 saturated carbocycles. The van der Waals surface area contributed by atoms with Gasteiger partial charge >= 0.3 is 6.61 Å². The molecule has 1 aromatic carbocycles. The normalized spacial score (nSPS) is 17.4. The van der Waals surface area contributed by atoms with Crippen LogP contribution in [0.25, 0.3) is 0 Å². The summed E-state index contributed by atoms with van der Waals surface area (Å²) in [5.41, 5.74) is 0.639. The Bertz CT molecular complexity index is 494. The third kappa shape index (κ3) is 6.50. The Morgan fingerprint density at radius 2 is 2.22 bits per heavy atom. The number of halogens is 2. The Kier molecular flexibility index (Phi) is 7.22. The molecule has 1 fully saturated rings. The second-order valence-electron chi connectivity index (χ2n) is 5.35. The van der Waals surface area contributed by atoms with Gasteiger partial charge in [-0.2, -0.15) is 8.78 Å². The van der Waals surface area contributed by atoms with E-state index in [1.54, 1.807) is 18.2 Å². The third-order valence-corrected chi connectivity index (χ3v) is 3.59. The Morgan fingerprint density at radius 1 is 1.39 bits per heavy atom. The second kappa shape index (κ2) is 9.42. The molecule has 0 radical (unpaired) electrons. The number of benzene rings is 1. The molecule has 1 heterocycles. The molecular weight excluding hydrogens is 306 g/mol. The van der Waals surface area contributed by atoms with Crippen molar-refractivity contribution in [2.75, 3.05) is 26.2 Å². The van der Waals surface area contributed by atoms with Crippen molar-refractivity contribution in [3.8, 4) is 5.75 Å². The minimum Gasteiger partial charge on any atom is -0.435 e. The first-order chi connectivity index (χ1) is 11.1. The molecule has 2 rings (SSSR count). The van der Waals surface area contributed by atoms with Gasteiger partial charge in [0.25, 0.3) is 0 Å². The molecular formula is C16H22F2N2O3. The maximum Gasteiger partial charge on any atom is 0.387 e. The molecule has 1 unspecified atom stereocenters. The van der Waals surface area contributed by atoms with Crippen LogP contribution in [0.1, 0.15) is 18.4 Å². The lowest BCUT2D eigenvalue weighted by atomic mass is 10.1. The molecule has 1 saturated heterocycles. The van der Waals surface area contributed by atoms with Gasteiger partial charge in [-0.3, -0.25) is 4.79 Å². The highest BCUT2D eigenvalue weighted by atomic mass is 19.3. The fourth-order valence-electron chi connectivity index (χ4n) is 2.47. The molecule has 2 N–H and O–H groups in total. The third-order valence-electron chi connectivity index (χ3n) is 3.59. The van der Waals surface area contributed by atoms with E-state index in [1.165, 1.54) is 6.07 Å². The summed E-state index contributed by atoms with van der Waals surface area (Å²) in [7, 11) is 0. The number of rotatable bonds is 9. The molecule has 1 aromatic rings. The first-order valence-corrected chi connectivity index (χ1v) is 7.77. The largest absolute Gasteiger partial charge is 0.435 e. The number of carbonyl (C=O) groups is 1. The van der Waals surface area contributed by atoms with Gasteiger partial charge in [-0.15, -0.1) is 0 Å². The van der Waals surface area contributed by atoms with E-state index in [0.717, 1.165) is 19.4 Å². The van der Waals surface area contributed by atoms with Crippen molar-refractivity contribution in [2.45, 2.75) is 32.0 Å². The van der Waals surface area contributed by atoms with Gasteiger partial charge < -0.3 is 20.1 Å². The zero-order valence-electron chi connectivity index (χ0n) is 12.9. The Hall–Kier alpha value is -1.73. The van der Waals surface area contributed by atoms with Crippen molar-refractivity contribution < 1.29 is 23.0 Å². The predicted molar refractivity (Wildman–Crippen MR) is 81.6 cm³/mol. The average molecular weight is 328 g/mol. The van der Waals surface area contributed by atoms with Gasteiger partial charge in [0.2, 0.25) is 5.91 Å². The smallest absolute Gasteiger partial charge is 0.387 e. The monoisotopic (exact) mass is 328 g/mol. The van der Waals surface area contributed by atoms with Gasteiger partial charge in [-0.1, -0.05) is 18.2 Å². The summed E-state index contributed by atoms with van der Waals surface area (Å²) in [6, 6.07) is 6.58. The van der Waals surface area contributed by atoms with Gasteiger partial charge in [-0.05, 0) is 30.9 Å². The number of hydrogen-bond acceptors (Lipinski definition) is 4. The van der Waals surface area contributed by atoms with E-state index in [0.29, 0.717) is 25.1 Å². The van der Waals surface area contributed by atoms with Crippen LogP contribution in [0.4, 0.5) is 8.78 Å². The van der Waals surface area contributed by atoms with Crippen molar-refractivity contribution in [1.29, 1.82) is 0 Å². The van der Waals surface area contributed by atoms with E-state index >= 15 is 0 Å². The summed E-state index contributed by atoms with van der Waals surface area (Å²) in [5, 5.41) is 5.80. The lowest BCUT2D eigenvalue weighted by Gasteiger charge is -2.12. The molecule has 7 heteroatoms. The number of hydrogen-bond donors (Lipinski definition) is 2. The van der Waals surface area contributed by atoms with Crippen LogP contribution < -0.4 is 15.4 Å². The Labute approximate surface area is 134 Å². The number of ether oxygens (including phenoxy) is 2. The fourth-order valence-corrected chi connectivity index (χ4v) is 2.47. The topological polar surface area (TPSA) is 59.6 Å². The van der Waals surface area contributed by atoms with Crippen LogP contribution in [0.15, 0.2) is 24.3 Å². The van der Waals surface area contributed by atoms with Crippen LogP contribution in [-0.4, -0.2) is 44.9 Å². The zero-order valence-corrected chi connectivity index (χ0v) is 12.9. The summed E-state index contributed by atoms with van der Waals surface area (Å²) < 4.78 is 34.5. The molecule has 0 bridgehead atoms. The summed E-state index contributed by atoms with van der Waals surface area (Å²) in [6.07, 6.45) is 2.72. The first kappa shape index (κ1) is 17.6. The Balaban J connectivity index is 1.65. The van der Waals surface area contributed by atoms with Gasteiger partial charge in [-0.25, -0.2) is 0 Å². The molecule has 23 heavy (non-hydrogen) atoms. The molecule has 128 valence electrons. The molecule has 0 aromatic heterocycles. The maximum atomic E-state index is 12.3. The number of alkyl halides is 2. The van der Waals surface area contributed by atoms with Gasteiger partial charge in [0.1, 0.15) is 5.75 Å². The molecule has 1 amide bonds. The quantitative estimate of drug-likeness (QED) is 0.725.